The maximum Gasteiger partial charge on any atom is 0.306 e. The van der Waals surface area contributed by atoms with Crippen molar-refractivity contribution in [2.75, 3.05) is 0 Å². The lowest BCUT2D eigenvalue weighted by Crippen LogP contribution is -2.41. The summed E-state index contributed by atoms with van der Waals surface area (Å²) in [7, 11) is 0. The van der Waals surface area contributed by atoms with Gasteiger partial charge >= 0.3 is 5.97 Å². The van der Waals surface area contributed by atoms with E-state index in [0.717, 1.165) is 29.3 Å². The standard InChI is InChI=1S/C14H17BrO3/c15-11-6-4-10(5-7-11)12-3-1-2-8-14(12,18)9-13(16)17/h4-7,12,18H,1-3,8-9H2,(H,16,17). The molecule has 3 nitrogen and oxygen atoms in total. The molecule has 1 aromatic rings. The van der Waals surface area contributed by atoms with Crippen LogP contribution in [-0.2, 0) is 4.79 Å². The van der Waals surface area contributed by atoms with Gasteiger partial charge in [0.2, 0.25) is 0 Å². The van der Waals surface area contributed by atoms with Gasteiger partial charge in [0.25, 0.3) is 0 Å². The van der Waals surface area contributed by atoms with Gasteiger partial charge in [0.05, 0.1) is 12.0 Å². The van der Waals surface area contributed by atoms with Crippen LogP contribution in [0.2, 0.25) is 0 Å². The number of hydrogen-bond acceptors (Lipinski definition) is 2. The number of rotatable bonds is 3. The van der Waals surface area contributed by atoms with Gasteiger partial charge < -0.3 is 10.2 Å². The van der Waals surface area contributed by atoms with Gasteiger partial charge in [0, 0.05) is 10.4 Å². The van der Waals surface area contributed by atoms with Gasteiger partial charge in [-0.1, -0.05) is 40.9 Å². The average molecular weight is 313 g/mol. The van der Waals surface area contributed by atoms with E-state index in [4.69, 9.17) is 5.11 Å². The van der Waals surface area contributed by atoms with Crippen molar-refractivity contribution in [3.05, 3.63) is 34.3 Å². The molecule has 0 bridgehead atoms. The molecule has 0 heterocycles. The maximum absolute atomic E-state index is 10.9. The zero-order valence-corrected chi connectivity index (χ0v) is 11.7. The second-order valence-corrected chi connectivity index (χ2v) is 5.94. The fourth-order valence-corrected chi connectivity index (χ4v) is 3.13. The van der Waals surface area contributed by atoms with Crippen molar-refractivity contribution in [2.24, 2.45) is 0 Å². The first-order valence-electron chi connectivity index (χ1n) is 6.21. The summed E-state index contributed by atoms with van der Waals surface area (Å²) in [6.45, 7) is 0. The number of carboxylic acids is 1. The number of aliphatic hydroxyl groups is 1. The number of carbonyl (C=O) groups is 1. The summed E-state index contributed by atoms with van der Waals surface area (Å²) in [4.78, 5) is 10.9. The van der Waals surface area contributed by atoms with Crippen LogP contribution >= 0.6 is 15.9 Å². The van der Waals surface area contributed by atoms with Gasteiger partial charge in [-0.3, -0.25) is 4.79 Å². The van der Waals surface area contributed by atoms with Crippen LogP contribution < -0.4 is 0 Å². The van der Waals surface area contributed by atoms with E-state index in [0.29, 0.717) is 6.42 Å². The average Bonchev–Trinajstić information content (AvgIpc) is 2.29. The van der Waals surface area contributed by atoms with Gasteiger partial charge in [0.1, 0.15) is 0 Å². The third-order valence-corrected chi connectivity index (χ3v) is 4.26. The van der Waals surface area contributed by atoms with Crippen molar-refractivity contribution < 1.29 is 15.0 Å². The van der Waals surface area contributed by atoms with Crippen LogP contribution in [0.5, 0.6) is 0 Å². The molecular formula is C14H17BrO3. The molecule has 1 aliphatic rings. The highest BCUT2D eigenvalue weighted by molar-refractivity contribution is 9.10. The van der Waals surface area contributed by atoms with Crippen LogP contribution in [0.15, 0.2) is 28.7 Å². The van der Waals surface area contributed by atoms with E-state index in [9.17, 15) is 9.90 Å². The van der Waals surface area contributed by atoms with Crippen molar-refractivity contribution in [1.82, 2.24) is 0 Å². The van der Waals surface area contributed by atoms with E-state index in [1.54, 1.807) is 0 Å². The summed E-state index contributed by atoms with van der Waals surface area (Å²) in [6, 6.07) is 7.80. The van der Waals surface area contributed by atoms with Gasteiger partial charge in [-0.15, -0.1) is 0 Å². The lowest BCUT2D eigenvalue weighted by Gasteiger charge is -2.39. The van der Waals surface area contributed by atoms with Crippen LogP contribution in [0, 0.1) is 0 Å². The monoisotopic (exact) mass is 312 g/mol. The first kappa shape index (κ1) is 13.6. The van der Waals surface area contributed by atoms with Crippen LogP contribution in [-0.4, -0.2) is 21.8 Å². The molecule has 1 aromatic carbocycles. The molecule has 0 aromatic heterocycles. The molecule has 2 atom stereocenters. The van der Waals surface area contributed by atoms with Gasteiger partial charge in [-0.05, 0) is 30.5 Å². The minimum absolute atomic E-state index is 0.0737. The highest BCUT2D eigenvalue weighted by atomic mass is 79.9. The van der Waals surface area contributed by atoms with Gasteiger partial charge in [-0.2, -0.15) is 0 Å². The fraction of sp³-hybridized carbons (Fsp3) is 0.500. The van der Waals surface area contributed by atoms with Crippen molar-refractivity contribution in [1.29, 1.82) is 0 Å². The largest absolute Gasteiger partial charge is 0.481 e. The lowest BCUT2D eigenvalue weighted by molar-refractivity contribution is -0.145. The van der Waals surface area contributed by atoms with Crippen molar-refractivity contribution >= 4 is 21.9 Å². The van der Waals surface area contributed by atoms with Gasteiger partial charge in [0.15, 0.2) is 0 Å². The normalized spacial score (nSPS) is 28.0. The van der Waals surface area contributed by atoms with E-state index in [-0.39, 0.29) is 12.3 Å². The number of aliphatic carboxylic acids is 1. The minimum Gasteiger partial charge on any atom is -0.481 e. The molecule has 1 saturated carbocycles. The van der Waals surface area contributed by atoms with Gasteiger partial charge in [-0.25, -0.2) is 0 Å². The van der Waals surface area contributed by atoms with Crippen LogP contribution in [0.3, 0.4) is 0 Å². The molecule has 98 valence electrons. The summed E-state index contributed by atoms with van der Waals surface area (Å²) in [5.74, 6) is -1.00. The summed E-state index contributed by atoms with van der Waals surface area (Å²) in [5.41, 5.74) is -0.0700. The molecular weight excluding hydrogens is 296 g/mol. The zero-order valence-electron chi connectivity index (χ0n) is 10.1. The highest BCUT2D eigenvalue weighted by Crippen LogP contribution is 2.43. The second-order valence-electron chi connectivity index (χ2n) is 5.02. The molecule has 0 amide bonds. The molecule has 4 heteroatoms. The van der Waals surface area contributed by atoms with E-state index < -0.39 is 11.6 Å². The molecule has 0 saturated heterocycles. The number of halogens is 1. The first-order valence-corrected chi connectivity index (χ1v) is 7.00. The Bertz CT molecular complexity index is 429. The van der Waals surface area contributed by atoms with E-state index in [1.165, 1.54) is 0 Å². The third kappa shape index (κ3) is 2.93. The van der Waals surface area contributed by atoms with Crippen molar-refractivity contribution in [3.8, 4) is 0 Å². The summed E-state index contributed by atoms with van der Waals surface area (Å²) < 4.78 is 0.990. The number of hydrogen-bond donors (Lipinski definition) is 2. The SMILES string of the molecule is O=C(O)CC1(O)CCCCC1c1ccc(Br)cc1. The van der Waals surface area contributed by atoms with Crippen molar-refractivity contribution in [3.63, 3.8) is 0 Å². The van der Waals surface area contributed by atoms with E-state index in [1.807, 2.05) is 24.3 Å². The molecule has 0 aliphatic heterocycles. The molecule has 0 spiro atoms. The Balaban J connectivity index is 2.27. The Labute approximate surface area is 115 Å². The van der Waals surface area contributed by atoms with E-state index in [2.05, 4.69) is 15.9 Å². The number of benzene rings is 1. The molecule has 2 N–H and O–H groups in total. The predicted molar refractivity (Wildman–Crippen MR) is 72.6 cm³/mol. The van der Waals surface area contributed by atoms with E-state index >= 15 is 0 Å². The van der Waals surface area contributed by atoms with Crippen LogP contribution in [0.25, 0.3) is 0 Å². The topological polar surface area (TPSA) is 57.5 Å². The Morgan fingerprint density at radius 2 is 2.00 bits per heavy atom. The Kier molecular flexibility index (Phi) is 4.07. The second kappa shape index (κ2) is 5.41. The summed E-state index contributed by atoms with van der Waals surface area (Å²) >= 11 is 3.38. The van der Waals surface area contributed by atoms with Crippen LogP contribution in [0.1, 0.15) is 43.6 Å². The Hall–Kier alpha value is -0.870. The van der Waals surface area contributed by atoms with Crippen molar-refractivity contribution in [2.45, 2.75) is 43.6 Å². The number of carboxylic acid groups (broad SMARTS) is 1. The zero-order chi connectivity index (χ0) is 13.2. The summed E-state index contributed by atoms with van der Waals surface area (Å²) in [6.07, 6.45) is 3.19. The molecule has 1 aliphatic carbocycles. The Morgan fingerprint density at radius 3 is 2.61 bits per heavy atom. The Morgan fingerprint density at radius 1 is 1.33 bits per heavy atom. The molecule has 2 rings (SSSR count). The molecule has 18 heavy (non-hydrogen) atoms. The maximum atomic E-state index is 10.9. The lowest BCUT2D eigenvalue weighted by atomic mass is 9.70. The fourth-order valence-electron chi connectivity index (χ4n) is 2.87. The molecule has 1 fully saturated rings. The molecule has 0 radical (unpaired) electrons. The highest BCUT2D eigenvalue weighted by Gasteiger charge is 2.41. The van der Waals surface area contributed by atoms with Crippen LogP contribution in [0.4, 0.5) is 0 Å². The third-order valence-electron chi connectivity index (χ3n) is 3.73. The molecule has 2 unspecified atom stereocenters. The quantitative estimate of drug-likeness (QED) is 0.900. The smallest absolute Gasteiger partial charge is 0.306 e. The summed E-state index contributed by atoms with van der Waals surface area (Å²) in [5, 5.41) is 19.6. The minimum atomic E-state index is -1.10. The predicted octanol–water partition coefficient (Wildman–Crippen LogP) is 3.31. The first-order chi connectivity index (χ1) is 8.51.